The van der Waals surface area contributed by atoms with Gasteiger partial charge in [-0.1, -0.05) is 31.9 Å². The predicted octanol–water partition coefficient (Wildman–Crippen LogP) is 4.28. The normalized spacial score (nSPS) is 26.9. The van der Waals surface area contributed by atoms with E-state index in [0.717, 1.165) is 5.92 Å². The molecule has 3 rings (SSSR count). The lowest BCUT2D eigenvalue weighted by Crippen LogP contribution is -2.26. The van der Waals surface area contributed by atoms with Gasteiger partial charge in [-0.05, 0) is 43.7 Å². The summed E-state index contributed by atoms with van der Waals surface area (Å²) in [5.74, 6) is 0.867. The number of anilines is 2. The van der Waals surface area contributed by atoms with Crippen LogP contribution in [0.3, 0.4) is 0 Å². The molecular formula is C17H26N2. The smallest absolute Gasteiger partial charge is 0.0602 e. The molecule has 1 N–H and O–H groups in total. The fraction of sp³-hybridized carbons (Fsp3) is 0.647. The summed E-state index contributed by atoms with van der Waals surface area (Å²) in [5, 5.41) is 3.85. The van der Waals surface area contributed by atoms with Gasteiger partial charge in [-0.25, -0.2) is 0 Å². The summed E-state index contributed by atoms with van der Waals surface area (Å²) < 4.78 is 0. The maximum atomic E-state index is 3.85. The molecule has 1 aliphatic heterocycles. The zero-order valence-corrected chi connectivity index (χ0v) is 12.1. The van der Waals surface area contributed by atoms with Gasteiger partial charge >= 0.3 is 0 Å². The molecule has 2 unspecified atom stereocenters. The van der Waals surface area contributed by atoms with E-state index in [1.165, 1.54) is 63.0 Å². The van der Waals surface area contributed by atoms with Crippen LogP contribution in [0, 0.1) is 5.92 Å². The predicted molar refractivity (Wildman–Crippen MR) is 82.9 cm³/mol. The molecule has 1 aliphatic carbocycles. The SMILES string of the molecule is CCC1CCCC1Nc1ccccc1N1CCCC1. The highest BCUT2D eigenvalue weighted by Gasteiger charge is 2.26. The maximum absolute atomic E-state index is 3.85. The minimum absolute atomic E-state index is 0.689. The van der Waals surface area contributed by atoms with Crippen LogP contribution in [-0.2, 0) is 0 Å². The molecule has 2 nitrogen and oxygen atoms in total. The van der Waals surface area contributed by atoms with Crippen LogP contribution in [0.25, 0.3) is 0 Å². The molecule has 0 spiro atoms. The van der Waals surface area contributed by atoms with Crippen LogP contribution in [0.5, 0.6) is 0 Å². The van der Waals surface area contributed by atoms with E-state index in [-0.39, 0.29) is 0 Å². The molecule has 1 aromatic rings. The molecule has 2 aliphatic rings. The van der Waals surface area contributed by atoms with Crippen LogP contribution in [0.15, 0.2) is 24.3 Å². The molecule has 1 saturated carbocycles. The number of benzene rings is 1. The van der Waals surface area contributed by atoms with Gasteiger partial charge < -0.3 is 10.2 Å². The Labute approximate surface area is 117 Å². The van der Waals surface area contributed by atoms with Crippen LogP contribution in [0.2, 0.25) is 0 Å². The van der Waals surface area contributed by atoms with E-state index in [1.54, 1.807) is 0 Å². The second kappa shape index (κ2) is 5.85. The van der Waals surface area contributed by atoms with Crippen molar-refractivity contribution in [3.63, 3.8) is 0 Å². The third-order valence-corrected chi connectivity index (χ3v) is 4.88. The molecule has 104 valence electrons. The fourth-order valence-corrected chi connectivity index (χ4v) is 3.74. The summed E-state index contributed by atoms with van der Waals surface area (Å²) in [6.45, 7) is 4.78. The molecule has 1 heterocycles. The highest BCUT2D eigenvalue weighted by Crippen LogP contribution is 2.34. The van der Waals surface area contributed by atoms with Crippen molar-refractivity contribution in [1.82, 2.24) is 0 Å². The average molecular weight is 258 g/mol. The van der Waals surface area contributed by atoms with Crippen molar-refractivity contribution in [1.29, 1.82) is 0 Å². The molecular weight excluding hydrogens is 232 g/mol. The van der Waals surface area contributed by atoms with E-state index in [0.29, 0.717) is 6.04 Å². The number of rotatable bonds is 4. The van der Waals surface area contributed by atoms with Gasteiger partial charge in [0.2, 0.25) is 0 Å². The minimum Gasteiger partial charge on any atom is -0.380 e. The summed E-state index contributed by atoms with van der Waals surface area (Å²) >= 11 is 0. The summed E-state index contributed by atoms with van der Waals surface area (Å²) in [7, 11) is 0. The third-order valence-electron chi connectivity index (χ3n) is 4.88. The Hall–Kier alpha value is -1.18. The van der Waals surface area contributed by atoms with Crippen LogP contribution in [0.4, 0.5) is 11.4 Å². The third kappa shape index (κ3) is 2.72. The lowest BCUT2D eigenvalue weighted by molar-refractivity contribution is 0.489. The number of nitrogens with zero attached hydrogens (tertiary/aromatic N) is 1. The number of para-hydroxylation sites is 2. The standard InChI is InChI=1S/C17H26N2/c1-2-14-8-7-10-15(14)18-16-9-3-4-11-17(16)19-12-5-6-13-19/h3-4,9,11,14-15,18H,2,5-8,10,12-13H2,1H3. The quantitative estimate of drug-likeness (QED) is 0.867. The van der Waals surface area contributed by atoms with Crippen molar-refractivity contribution in [2.24, 2.45) is 5.92 Å². The lowest BCUT2D eigenvalue weighted by Gasteiger charge is -2.26. The number of nitrogens with one attached hydrogen (secondary N) is 1. The fourth-order valence-electron chi connectivity index (χ4n) is 3.74. The van der Waals surface area contributed by atoms with Gasteiger partial charge in [0.15, 0.2) is 0 Å². The molecule has 1 saturated heterocycles. The Morgan fingerprint density at radius 2 is 1.89 bits per heavy atom. The first kappa shape index (κ1) is 12.8. The van der Waals surface area contributed by atoms with E-state index >= 15 is 0 Å². The van der Waals surface area contributed by atoms with Crippen LogP contribution in [-0.4, -0.2) is 19.1 Å². The van der Waals surface area contributed by atoms with Crippen molar-refractivity contribution in [2.75, 3.05) is 23.3 Å². The average Bonchev–Trinajstić information content (AvgIpc) is 3.10. The number of hydrogen-bond acceptors (Lipinski definition) is 2. The molecule has 0 aromatic heterocycles. The number of hydrogen-bond donors (Lipinski definition) is 1. The molecule has 2 fully saturated rings. The topological polar surface area (TPSA) is 15.3 Å². The maximum Gasteiger partial charge on any atom is 0.0602 e. The summed E-state index contributed by atoms with van der Waals surface area (Å²) in [4.78, 5) is 2.54. The van der Waals surface area contributed by atoms with Crippen molar-refractivity contribution in [2.45, 2.75) is 51.5 Å². The van der Waals surface area contributed by atoms with Crippen molar-refractivity contribution in [3.8, 4) is 0 Å². The Morgan fingerprint density at radius 3 is 2.68 bits per heavy atom. The van der Waals surface area contributed by atoms with Gasteiger partial charge in [0.25, 0.3) is 0 Å². The first-order valence-electron chi connectivity index (χ1n) is 7.99. The van der Waals surface area contributed by atoms with Gasteiger partial charge in [0.1, 0.15) is 0 Å². The van der Waals surface area contributed by atoms with Crippen LogP contribution < -0.4 is 10.2 Å². The Bertz CT molecular complexity index is 409. The largest absolute Gasteiger partial charge is 0.380 e. The second-order valence-corrected chi connectivity index (χ2v) is 6.06. The highest BCUT2D eigenvalue weighted by molar-refractivity contribution is 5.70. The zero-order valence-electron chi connectivity index (χ0n) is 12.1. The van der Waals surface area contributed by atoms with Crippen LogP contribution >= 0.6 is 0 Å². The van der Waals surface area contributed by atoms with Crippen molar-refractivity contribution in [3.05, 3.63) is 24.3 Å². The Balaban J connectivity index is 1.76. The summed E-state index contributed by atoms with van der Waals surface area (Å²) in [5.41, 5.74) is 2.77. The van der Waals surface area contributed by atoms with Crippen molar-refractivity contribution >= 4 is 11.4 Å². The van der Waals surface area contributed by atoms with Crippen molar-refractivity contribution < 1.29 is 0 Å². The molecule has 0 bridgehead atoms. The van der Waals surface area contributed by atoms with E-state index < -0.39 is 0 Å². The summed E-state index contributed by atoms with van der Waals surface area (Å²) in [6.07, 6.45) is 8.13. The van der Waals surface area contributed by atoms with E-state index in [4.69, 9.17) is 0 Å². The molecule has 19 heavy (non-hydrogen) atoms. The first-order chi connectivity index (χ1) is 9.38. The molecule has 2 atom stereocenters. The van der Waals surface area contributed by atoms with E-state index in [2.05, 4.69) is 41.4 Å². The molecule has 0 amide bonds. The minimum atomic E-state index is 0.689. The Morgan fingerprint density at radius 1 is 1.11 bits per heavy atom. The first-order valence-corrected chi connectivity index (χ1v) is 7.99. The molecule has 2 heteroatoms. The monoisotopic (exact) mass is 258 g/mol. The van der Waals surface area contributed by atoms with E-state index in [9.17, 15) is 0 Å². The van der Waals surface area contributed by atoms with Gasteiger partial charge in [-0.15, -0.1) is 0 Å². The summed E-state index contributed by atoms with van der Waals surface area (Å²) in [6, 6.07) is 9.57. The second-order valence-electron chi connectivity index (χ2n) is 6.06. The molecule has 0 radical (unpaired) electrons. The van der Waals surface area contributed by atoms with E-state index in [1.807, 2.05) is 0 Å². The Kier molecular flexibility index (Phi) is 3.95. The van der Waals surface area contributed by atoms with Gasteiger partial charge in [-0.2, -0.15) is 0 Å². The van der Waals surface area contributed by atoms with Gasteiger partial charge in [-0.3, -0.25) is 0 Å². The lowest BCUT2D eigenvalue weighted by atomic mass is 10.0. The zero-order chi connectivity index (χ0) is 13.1. The highest BCUT2D eigenvalue weighted by atomic mass is 15.2. The molecule has 1 aromatic carbocycles. The van der Waals surface area contributed by atoms with Crippen LogP contribution in [0.1, 0.15) is 45.4 Å². The van der Waals surface area contributed by atoms with Gasteiger partial charge in [0, 0.05) is 19.1 Å². The van der Waals surface area contributed by atoms with Gasteiger partial charge in [0.05, 0.1) is 11.4 Å².